The summed E-state index contributed by atoms with van der Waals surface area (Å²) in [6, 6.07) is 8.88. The van der Waals surface area contributed by atoms with Gasteiger partial charge in [0.15, 0.2) is 0 Å². The lowest BCUT2D eigenvalue weighted by molar-refractivity contribution is 0.215. The van der Waals surface area contributed by atoms with Gasteiger partial charge >= 0.3 is 12.1 Å². The van der Waals surface area contributed by atoms with Crippen molar-refractivity contribution in [2.24, 2.45) is 10.6 Å². The van der Waals surface area contributed by atoms with Crippen molar-refractivity contribution in [1.82, 2.24) is 10.0 Å². The average Bonchev–Trinajstić information content (AvgIpc) is 2.81. The number of sulfone groups is 1. The first-order valence-corrected chi connectivity index (χ1v) is 11.7. The van der Waals surface area contributed by atoms with Crippen LogP contribution in [0.1, 0.15) is 0 Å². The van der Waals surface area contributed by atoms with Crippen LogP contribution < -0.4 is 10.6 Å². The summed E-state index contributed by atoms with van der Waals surface area (Å²) in [6.45, 7) is -0.174. The first-order chi connectivity index (χ1) is 15.8. The van der Waals surface area contributed by atoms with Crippen LogP contribution >= 0.6 is 23.2 Å². The molecule has 0 fully saturated rings. The van der Waals surface area contributed by atoms with Crippen molar-refractivity contribution in [2.75, 3.05) is 35.5 Å². The highest BCUT2D eigenvalue weighted by molar-refractivity contribution is 7.91. The Hall–Kier alpha value is -3.29. The van der Waals surface area contributed by atoms with Crippen LogP contribution in [0.25, 0.3) is 0 Å². The summed E-state index contributed by atoms with van der Waals surface area (Å²) in [7, 11) is -3.91. The van der Waals surface area contributed by atoms with Crippen LogP contribution in [-0.4, -0.2) is 55.3 Å². The Morgan fingerprint density at radius 3 is 1.33 bits per heavy atom. The number of hydrogen-bond acceptors (Lipinski definition) is 8. The van der Waals surface area contributed by atoms with Gasteiger partial charge in [-0.25, -0.2) is 18.0 Å². The molecule has 15 heteroatoms. The molecule has 0 aliphatic heterocycles. The van der Waals surface area contributed by atoms with E-state index in [0.717, 1.165) is 0 Å². The molecule has 2 aromatic rings. The van der Waals surface area contributed by atoms with Gasteiger partial charge in [-0.15, -0.1) is 33.0 Å². The van der Waals surface area contributed by atoms with E-state index in [1.165, 1.54) is 48.5 Å². The molecule has 0 bridgehead atoms. The fourth-order valence-electron chi connectivity index (χ4n) is 2.47. The summed E-state index contributed by atoms with van der Waals surface area (Å²) in [5, 5.41) is 11.1. The molecule has 0 aliphatic rings. The third-order valence-electron chi connectivity index (χ3n) is 4.09. The van der Waals surface area contributed by atoms with Gasteiger partial charge in [-0.1, -0.05) is 0 Å². The Morgan fingerprint density at radius 1 is 0.727 bits per heavy atom. The van der Waals surface area contributed by atoms with Crippen molar-refractivity contribution in [1.29, 1.82) is 0 Å². The number of benzene rings is 2. The number of nitrogens with one attached hydrogen (secondary N) is 2. The van der Waals surface area contributed by atoms with E-state index >= 15 is 0 Å². The van der Waals surface area contributed by atoms with E-state index in [1.807, 2.05) is 0 Å². The van der Waals surface area contributed by atoms with Gasteiger partial charge in [0, 0.05) is 23.1 Å². The van der Waals surface area contributed by atoms with Crippen LogP contribution in [0, 0.1) is 9.81 Å². The number of urea groups is 2. The monoisotopic (exact) mass is 516 g/mol. The molecular formula is C18H18Cl2N6O6S. The number of carbonyl (C=O) groups excluding carboxylic acids is 2. The van der Waals surface area contributed by atoms with Crippen molar-refractivity contribution in [3.05, 3.63) is 58.3 Å². The van der Waals surface area contributed by atoms with Gasteiger partial charge in [-0.3, -0.25) is 0 Å². The molecule has 0 unspecified atom stereocenters. The molecule has 2 rings (SSSR count). The molecule has 2 aromatic carbocycles. The second-order valence-corrected chi connectivity index (χ2v) is 8.91. The molecule has 0 spiro atoms. The summed E-state index contributed by atoms with van der Waals surface area (Å²) in [5.41, 5.74) is 0.482. The van der Waals surface area contributed by atoms with Gasteiger partial charge in [0.05, 0.1) is 33.5 Å². The number of amides is 4. The lowest BCUT2D eigenvalue weighted by Gasteiger charge is -2.14. The Morgan fingerprint density at radius 2 is 1.06 bits per heavy atom. The maximum absolute atomic E-state index is 12.8. The highest BCUT2D eigenvalue weighted by atomic mass is 35.5. The standard InChI is InChI=1S/C18H18Cl2N6O6S/c19-9-11-25(23-29)17(27)21-13-1-5-15(6-2-13)33(31,32)16-7-3-14(4-8-16)22-18(28)26(24-30)12-10-20/h1-8H,9-12H2,(H,21,27)(H,22,28). The number of anilines is 2. The molecule has 2 N–H and O–H groups in total. The molecule has 0 radical (unpaired) electrons. The van der Waals surface area contributed by atoms with Crippen molar-refractivity contribution >= 4 is 56.5 Å². The highest BCUT2D eigenvalue weighted by Gasteiger charge is 2.19. The van der Waals surface area contributed by atoms with Crippen molar-refractivity contribution in [3.63, 3.8) is 0 Å². The summed E-state index contributed by atoms with van der Waals surface area (Å²) in [6.07, 6.45) is 0. The zero-order valence-electron chi connectivity index (χ0n) is 16.8. The Kier molecular flexibility index (Phi) is 9.51. The number of rotatable bonds is 10. The number of halogens is 2. The molecule has 0 heterocycles. The van der Waals surface area contributed by atoms with Crippen molar-refractivity contribution in [3.8, 4) is 0 Å². The number of hydrogen-bond donors (Lipinski definition) is 2. The van der Waals surface area contributed by atoms with Gasteiger partial charge < -0.3 is 10.6 Å². The minimum Gasteiger partial charge on any atom is -0.306 e. The largest absolute Gasteiger partial charge is 0.344 e. The first kappa shape index (κ1) is 26.0. The quantitative estimate of drug-likeness (QED) is 0.275. The van der Waals surface area contributed by atoms with E-state index in [2.05, 4.69) is 21.2 Å². The number of nitroso groups, excluding NO2 is 2. The van der Waals surface area contributed by atoms with E-state index in [1.54, 1.807) is 0 Å². The van der Waals surface area contributed by atoms with E-state index in [9.17, 15) is 27.8 Å². The van der Waals surface area contributed by atoms with E-state index in [-0.39, 0.29) is 46.0 Å². The van der Waals surface area contributed by atoms with E-state index < -0.39 is 21.9 Å². The van der Waals surface area contributed by atoms with E-state index in [0.29, 0.717) is 10.0 Å². The Balaban J connectivity index is 2.11. The van der Waals surface area contributed by atoms with Gasteiger partial charge in [-0.2, -0.15) is 10.0 Å². The molecule has 0 saturated heterocycles. The highest BCUT2D eigenvalue weighted by Crippen LogP contribution is 2.24. The molecule has 12 nitrogen and oxygen atoms in total. The van der Waals surface area contributed by atoms with Gasteiger partial charge in [-0.05, 0) is 48.5 Å². The summed E-state index contributed by atoms with van der Waals surface area (Å²) < 4.78 is 25.7. The molecular weight excluding hydrogens is 499 g/mol. The maximum Gasteiger partial charge on any atom is 0.344 e. The lowest BCUT2D eigenvalue weighted by Crippen LogP contribution is -2.31. The van der Waals surface area contributed by atoms with Gasteiger partial charge in [0.2, 0.25) is 9.84 Å². The molecule has 0 aromatic heterocycles. The van der Waals surface area contributed by atoms with E-state index in [4.69, 9.17) is 23.2 Å². The molecule has 33 heavy (non-hydrogen) atoms. The average molecular weight is 517 g/mol. The molecule has 0 atom stereocenters. The summed E-state index contributed by atoms with van der Waals surface area (Å²) in [4.78, 5) is 45.1. The third-order valence-corrected chi connectivity index (χ3v) is 6.21. The third kappa shape index (κ3) is 6.84. The molecule has 176 valence electrons. The van der Waals surface area contributed by atoms with Gasteiger partial charge in [0.25, 0.3) is 0 Å². The second kappa shape index (κ2) is 12.1. The smallest absolute Gasteiger partial charge is 0.306 e. The van der Waals surface area contributed by atoms with Crippen LogP contribution in [0.4, 0.5) is 21.0 Å². The fourth-order valence-corrected chi connectivity index (χ4v) is 4.05. The van der Waals surface area contributed by atoms with Crippen LogP contribution in [0.2, 0.25) is 0 Å². The molecule has 4 amide bonds. The summed E-state index contributed by atoms with van der Waals surface area (Å²) >= 11 is 11.0. The lowest BCUT2D eigenvalue weighted by atomic mass is 10.3. The van der Waals surface area contributed by atoms with Crippen LogP contribution in [0.15, 0.2) is 68.9 Å². The first-order valence-electron chi connectivity index (χ1n) is 9.17. The van der Waals surface area contributed by atoms with Crippen LogP contribution in [0.3, 0.4) is 0 Å². The van der Waals surface area contributed by atoms with Crippen molar-refractivity contribution in [2.45, 2.75) is 9.79 Å². The zero-order valence-corrected chi connectivity index (χ0v) is 19.2. The van der Waals surface area contributed by atoms with Crippen molar-refractivity contribution < 1.29 is 18.0 Å². The van der Waals surface area contributed by atoms with Crippen LogP contribution in [0.5, 0.6) is 0 Å². The zero-order chi connectivity index (χ0) is 24.4. The SMILES string of the molecule is O=NN(CCCl)C(=O)Nc1ccc(S(=O)(=O)c2ccc(NC(=O)N(CCCl)N=O)cc2)cc1. The number of alkyl halides is 2. The molecule has 0 aliphatic carbocycles. The topological polar surface area (TPSA) is 158 Å². The van der Waals surface area contributed by atoms with Gasteiger partial charge in [0.1, 0.15) is 0 Å². The fraction of sp³-hybridized carbons (Fsp3) is 0.222. The normalized spacial score (nSPS) is 10.7. The number of nitrogens with zero attached hydrogens (tertiary/aromatic N) is 4. The second-order valence-electron chi connectivity index (χ2n) is 6.20. The van der Waals surface area contributed by atoms with Crippen LogP contribution in [-0.2, 0) is 9.84 Å². The molecule has 0 saturated carbocycles. The Bertz CT molecular complexity index is 1020. The predicted molar refractivity (Wildman–Crippen MR) is 123 cm³/mol. The number of carbonyl (C=O) groups is 2. The maximum atomic E-state index is 12.8. The summed E-state index contributed by atoms with van der Waals surface area (Å²) in [5.74, 6) is 0.0247. The predicted octanol–water partition coefficient (Wildman–Crippen LogP) is 4.03. The Labute approximate surface area is 198 Å². The minimum absolute atomic E-state index is 0.0124. The minimum atomic E-state index is -3.91.